The van der Waals surface area contributed by atoms with Crippen LogP contribution in [0.3, 0.4) is 0 Å². The van der Waals surface area contributed by atoms with Crippen LogP contribution in [0.1, 0.15) is 44.4 Å². The third-order valence-corrected chi connectivity index (χ3v) is 5.80. The number of benzene rings is 1. The Bertz CT molecular complexity index is 936. The van der Waals surface area contributed by atoms with Crippen LogP contribution in [0, 0.1) is 5.92 Å². The van der Waals surface area contributed by atoms with Crippen molar-refractivity contribution in [3.8, 4) is 11.5 Å². The van der Waals surface area contributed by atoms with Gasteiger partial charge in [-0.15, -0.1) is 0 Å². The lowest BCUT2D eigenvalue weighted by Crippen LogP contribution is -2.45. The Morgan fingerprint density at radius 3 is 2.64 bits per heavy atom. The van der Waals surface area contributed by atoms with E-state index in [2.05, 4.69) is 0 Å². The monoisotopic (exact) mass is 456 g/mol. The van der Waals surface area contributed by atoms with Gasteiger partial charge in [-0.1, -0.05) is 19.9 Å². The van der Waals surface area contributed by atoms with E-state index < -0.39 is 0 Å². The van der Waals surface area contributed by atoms with Gasteiger partial charge in [-0.3, -0.25) is 9.59 Å². The number of carbonyl (C=O) groups is 2. The van der Waals surface area contributed by atoms with Crippen molar-refractivity contribution in [2.75, 3.05) is 26.5 Å². The van der Waals surface area contributed by atoms with Crippen molar-refractivity contribution < 1.29 is 28.2 Å². The van der Waals surface area contributed by atoms with Crippen LogP contribution in [0.2, 0.25) is 0 Å². The summed E-state index contributed by atoms with van der Waals surface area (Å²) < 4.78 is 22.1. The second-order valence-corrected chi connectivity index (χ2v) is 9.02. The molecule has 0 aliphatic carbocycles. The van der Waals surface area contributed by atoms with Gasteiger partial charge in [0.05, 0.1) is 25.5 Å². The van der Waals surface area contributed by atoms with Crippen molar-refractivity contribution in [2.45, 2.75) is 52.3 Å². The lowest BCUT2D eigenvalue weighted by Gasteiger charge is -2.29. The number of fused-ring (bicyclic) bond motifs is 1. The molecule has 2 aromatic rings. The summed E-state index contributed by atoms with van der Waals surface area (Å²) in [5.41, 5.74) is 0.915. The number of rotatable bonds is 10. The van der Waals surface area contributed by atoms with Crippen molar-refractivity contribution in [1.82, 2.24) is 9.80 Å². The molecule has 2 aliphatic rings. The van der Waals surface area contributed by atoms with Crippen LogP contribution >= 0.6 is 0 Å². The van der Waals surface area contributed by atoms with E-state index in [0.717, 1.165) is 18.4 Å². The Hall–Kier alpha value is -3.00. The fourth-order valence-electron chi connectivity index (χ4n) is 4.11. The highest BCUT2D eigenvalue weighted by Crippen LogP contribution is 2.33. The number of amides is 2. The number of carbonyl (C=O) groups excluding carboxylic acids is 2. The van der Waals surface area contributed by atoms with Crippen LogP contribution in [0.15, 0.2) is 41.0 Å². The van der Waals surface area contributed by atoms with E-state index in [1.807, 2.05) is 38.1 Å². The summed E-state index contributed by atoms with van der Waals surface area (Å²) in [6, 6.07) is 9.30. The van der Waals surface area contributed by atoms with Crippen molar-refractivity contribution in [3.05, 3.63) is 47.9 Å². The number of nitrogens with zero attached hydrogens (tertiary/aromatic N) is 2. The SMILES string of the molecule is CC(C)CC(=O)N(CC(=O)N(Cc1ccc2c(c1)OCO2)Cc1ccco1)CC1CCCO1. The highest BCUT2D eigenvalue weighted by molar-refractivity contribution is 5.85. The molecule has 3 heterocycles. The fraction of sp³-hybridized carbons (Fsp3) is 0.520. The van der Waals surface area contributed by atoms with Crippen molar-refractivity contribution in [1.29, 1.82) is 0 Å². The number of hydrogen-bond donors (Lipinski definition) is 0. The summed E-state index contributed by atoms with van der Waals surface area (Å²) in [7, 11) is 0. The normalized spacial score (nSPS) is 16.9. The van der Waals surface area contributed by atoms with Gasteiger partial charge in [-0.2, -0.15) is 0 Å². The largest absolute Gasteiger partial charge is 0.467 e. The second-order valence-electron chi connectivity index (χ2n) is 9.02. The number of ether oxygens (including phenoxy) is 3. The van der Waals surface area contributed by atoms with Crippen LogP contribution in [0.25, 0.3) is 0 Å². The van der Waals surface area contributed by atoms with E-state index in [-0.39, 0.29) is 37.2 Å². The molecular weight excluding hydrogens is 424 g/mol. The predicted octanol–water partition coefficient (Wildman–Crippen LogP) is 3.59. The minimum atomic E-state index is -0.140. The molecule has 33 heavy (non-hydrogen) atoms. The first kappa shape index (κ1) is 23.2. The van der Waals surface area contributed by atoms with Crippen LogP contribution in [-0.2, 0) is 27.4 Å². The standard InChI is InChI=1S/C25H32N2O6/c1-18(2)11-24(28)27(15-21-6-4-10-31-21)16-25(29)26(14-20-5-3-9-30-20)13-19-7-8-22-23(12-19)33-17-32-22/h3,5,7-9,12,18,21H,4,6,10-11,13-17H2,1-2H3. The maximum Gasteiger partial charge on any atom is 0.242 e. The maximum atomic E-state index is 13.5. The number of furan rings is 1. The first-order valence-corrected chi connectivity index (χ1v) is 11.6. The van der Waals surface area contributed by atoms with Gasteiger partial charge in [0.1, 0.15) is 5.76 Å². The van der Waals surface area contributed by atoms with Gasteiger partial charge >= 0.3 is 0 Å². The molecule has 0 radical (unpaired) electrons. The van der Waals surface area contributed by atoms with Gasteiger partial charge in [-0.25, -0.2) is 0 Å². The summed E-state index contributed by atoms with van der Waals surface area (Å²) >= 11 is 0. The molecule has 2 aliphatic heterocycles. The Balaban J connectivity index is 1.49. The van der Waals surface area contributed by atoms with Crippen LogP contribution in [-0.4, -0.2) is 54.2 Å². The topological polar surface area (TPSA) is 81.5 Å². The van der Waals surface area contributed by atoms with E-state index >= 15 is 0 Å². The van der Waals surface area contributed by atoms with Crippen molar-refractivity contribution in [3.63, 3.8) is 0 Å². The molecule has 2 amide bonds. The fourth-order valence-corrected chi connectivity index (χ4v) is 4.11. The molecule has 1 atom stereocenters. The summed E-state index contributed by atoms with van der Waals surface area (Å²) in [4.78, 5) is 29.8. The second kappa shape index (κ2) is 10.7. The van der Waals surface area contributed by atoms with Crippen molar-refractivity contribution in [2.24, 2.45) is 5.92 Å². The average molecular weight is 457 g/mol. The molecule has 0 spiro atoms. The van der Waals surface area contributed by atoms with Gasteiger partial charge < -0.3 is 28.4 Å². The lowest BCUT2D eigenvalue weighted by molar-refractivity contribution is -0.143. The van der Waals surface area contributed by atoms with Crippen LogP contribution in [0.4, 0.5) is 0 Å². The summed E-state index contributed by atoms with van der Waals surface area (Å²) in [6.07, 6.45) is 3.88. The summed E-state index contributed by atoms with van der Waals surface area (Å²) in [5.74, 6) is 2.11. The Kier molecular flexibility index (Phi) is 7.54. The quantitative estimate of drug-likeness (QED) is 0.544. The molecular formula is C25H32N2O6. The van der Waals surface area contributed by atoms with Gasteiger partial charge in [0, 0.05) is 26.1 Å². The molecule has 0 N–H and O–H groups in total. The molecule has 1 aromatic carbocycles. The zero-order valence-electron chi connectivity index (χ0n) is 19.3. The Morgan fingerprint density at radius 1 is 1.06 bits per heavy atom. The van der Waals surface area contributed by atoms with Gasteiger partial charge in [-0.05, 0) is 48.6 Å². The minimum Gasteiger partial charge on any atom is -0.467 e. The Morgan fingerprint density at radius 2 is 1.91 bits per heavy atom. The zero-order chi connectivity index (χ0) is 23.2. The van der Waals surface area contributed by atoms with Crippen LogP contribution in [0.5, 0.6) is 11.5 Å². The lowest BCUT2D eigenvalue weighted by atomic mass is 10.1. The number of hydrogen-bond acceptors (Lipinski definition) is 6. The third-order valence-electron chi connectivity index (χ3n) is 5.80. The molecule has 0 saturated carbocycles. The van der Waals surface area contributed by atoms with E-state index in [4.69, 9.17) is 18.6 Å². The molecule has 1 unspecified atom stereocenters. The van der Waals surface area contributed by atoms with E-state index in [1.54, 1.807) is 22.1 Å². The van der Waals surface area contributed by atoms with Gasteiger partial charge in [0.25, 0.3) is 0 Å². The molecule has 8 heteroatoms. The molecule has 1 saturated heterocycles. The smallest absolute Gasteiger partial charge is 0.242 e. The molecule has 8 nitrogen and oxygen atoms in total. The minimum absolute atomic E-state index is 0.0106. The summed E-state index contributed by atoms with van der Waals surface area (Å²) in [6.45, 7) is 6.05. The average Bonchev–Trinajstić information content (AvgIpc) is 3.55. The molecule has 1 fully saturated rings. The van der Waals surface area contributed by atoms with Gasteiger partial charge in [0.15, 0.2) is 11.5 Å². The summed E-state index contributed by atoms with van der Waals surface area (Å²) in [5, 5.41) is 0. The first-order valence-electron chi connectivity index (χ1n) is 11.6. The van der Waals surface area contributed by atoms with Gasteiger partial charge in [0.2, 0.25) is 18.6 Å². The first-order chi connectivity index (χ1) is 16.0. The van der Waals surface area contributed by atoms with E-state index in [0.29, 0.717) is 49.9 Å². The Labute approximate surface area is 194 Å². The van der Waals surface area contributed by atoms with E-state index in [1.165, 1.54) is 0 Å². The van der Waals surface area contributed by atoms with E-state index in [9.17, 15) is 9.59 Å². The maximum absolute atomic E-state index is 13.5. The van der Waals surface area contributed by atoms with Crippen LogP contribution < -0.4 is 9.47 Å². The molecule has 4 rings (SSSR count). The predicted molar refractivity (Wildman–Crippen MR) is 121 cm³/mol. The highest BCUT2D eigenvalue weighted by atomic mass is 16.7. The molecule has 178 valence electrons. The molecule has 0 bridgehead atoms. The highest BCUT2D eigenvalue weighted by Gasteiger charge is 2.27. The van der Waals surface area contributed by atoms with Crippen molar-refractivity contribution >= 4 is 11.8 Å². The zero-order valence-corrected chi connectivity index (χ0v) is 19.3. The molecule has 1 aromatic heterocycles. The third kappa shape index (κ3) is 6.28.